The van der Waals surface area contributed by atoms with Gasteiger partial charge in [0.15, 0.2) is 5.60 Å². The molecule has 28 heavy (non-hydrogen) atoms. The highest BCUT2D eigenvalue weighted by Crippen LogP contribution is 2.38. The van der Waals surface area contributed by atoms with Crippen LogP contribution in [-0.4, -0.2) is 34.2 Å². The molecule has 1 atom stereocenters. The Hall–Kier alpha value is -3.25. The minimum absolute atomic E-state index is 0.201. The first kappa shape index (κ1) is 18.1. The first-order chi connectivity index (χ1) is 13.8. The summed E-state index contributed by atoms with van der Waals surface area (Å²) in [4.78, 5) is 20.8. The fourth-order valence-corrected chi connectivity index (χ4v) is 3.20. The average Bonchev–Trinajstić information content (AvgIpc) is 2.69. The van der Waals surface area contributed by atoms with Gasteiger partial charge in [0.25, 0.3) is 0 Å². The number of nitrogens with zero attached hydrogens (tertiary/aromatic N) is 2. The average molecular weight is 379 g/mol. The van der Waals surface area contributed by atoms with Gasteiger partial charge in [0.05, 0.1) is 1.37 Å². The van der Waals surface area contributed by atoms with Crippen LogP contribution < -0.4 is 4.74 Å². The molecule has 3 rings (SSSR count). The molecule has 0 aliphatic heterocycles. The van der Waals surface area contributed by atoms with Crippen LogP contribution in [0.5, 0.6) is 6.01 Å². The summed E-state index contributed by atoms with van der Waals surface area (Å²) in [6.07, 6.45) is -2.62. The van der Waals surface area contributed by atoms with E-state index in [1.807, 2.05) is 0 Å². The van der Waals surface area contributed by atoms with E-state index in [1.165, 1.54) is 7.11 Å². The lowest BCUT2D eigenvalue weighted by molar-refractivity contribution is -0.160. The number of aryl methyl sites for hydroxylation is 2. The molecule has 1 aromatic heterocycles. The van der Waals surface area contributed by atoms with Gasteiger partial charge in [0.1, 0.15) is 0 Å². The van der Waals surface area contributed by atoms with Crippen LogP contribution in [-0.2, 0) is 15.1 Å². The van der Waals surface area contributed by atoms with Crippen molar-refractivity contribution in [1.82, 2.24) is 9.97 Å². The molecule has 2 aromatic carbocycles. The third-order valence-corrected chi connectivity index (χ3v) is 4.34. The second kappa shape index (κ2) is 8.19. The van der Waals surface area contributed by atoms with Crippen molar-refractivity contribution >= 4 is 5.97 Å². The maximum absolute atomic E-state index is 12.5. The molecule has 6 nitrogen and oxygen atoms in total. The zero-order valence-electron chi connectivity index (χ0n) is 16.9. The maximum Gasteiger partial charge on any atom is 0.348 e. The Morgan fingerprint density at radius 2 is 1.46 bits per heavy atom. The summed E-state index contributed by atoms with van der Waals surface area (Å²) in [5.74, 6) is -1.53. The molecule has 0 radical (unpaired) electrons. The van der Waals surface area contributed by atoms with Crippen LogP contribution in [0.4, 0.5) is 0 Å². The number of carboxylic acids is 1. The molecule has 3 aromatic rings. The van der Waals surface area contributed by atoms with Gasteiger partial charge in [-0.2, -0.15) is 0 Å². The minimum atomic E-state index is -2.62. The third kappa shape index (κ3) is 3.73. The summed E-state index contributed by atoms with van der Waals surface area (Å²) in [7, 11) is 1.36. The van der Waals surface area contributed by atoms with E-state index in [9.17, 15) is 9.90 Å². The Bertz CT molecular complexity index is 938. The van der Waals surface area contributed by atoms with Crippen LogP contribution in [0, 0.1) is 13.8 Å². The van der Waals surface area contributed by atoms with E-state index in [-0.39, 0.29) is 6.01 Å². The molecule has 0 aliphatic rings. The Morgan fingerprint density at radius 3 is 1.86 bits per heavy atom. The van der Waals surface area contributed by atoms with E-state index >= 15 is 0 Å². The summed E-state index contributed by atoms with van der Waals surface area (Å²) in [5.41, 5.74) is 0.318. The highest BCUT2D eigenvalue weighted by Gasteiger charge is 2.49. The molecule has 6 heteroatoms. The highest BCUT2D eigenvalue weighted by atomic mass is 16.6. The SMILES string of the molecule is [2H][C@@](Oc1nc(C)cc(C)n1)(C(=O)O)C(OC)(c1ccccc1)c1ccccc1. The van der Waals surface area contributed by atoms with Gasteiger partial charge in [-0.3, -0.25) is 0 Å². The van der Waals surface area contributed by atoms with Gasteiger partial charge in [0.2, 0.25) is 6.08 Å². The number of ether oxygens (including phenoxy) is 2. The molecule has 0 bridgehead atoms. The van der Waals surface area contributed by atoms with Crippen LogP contribution in [0.15, 0.2) is 66.7 Å². The zero-order chi connectivity index (χ0) is 21.1. The molecule has 1 N–H and O–H groups in total. The van der Waals surface area contributed by atoms with E-state index in [0.717, 1.165) is 0 Å². The number of aromatic nitrogens is 2. The Kier molecular flexibility index (Phi) is 5.30. The lowest BCUT2D eigenvalue weighted by Gasteiger charge is -2.37. The summed E-state index contributed by atoms with van der Waals surface area (Å²) in [5, 5.41) is 10.2. The van der Waals surface area contributed by atoms with Gasteiger partial charge in [-0.15, -0.1) is 0 Å². The van der Waals surface area contributed by atoms with E-state index in [1.54, 1.807) is 80.6 Å². The Labute approximate surface area is 165 Å². The maximum atomic E-state index is 12.5. The summed E-state index contributed by atoms with van der Waals surface area (Å²) < 4.78 is 20.5. The quantitative estimate of drug-likeness (QED) is 0.676. The van der Waals surface area contributed by atoms with Gasteiger partial charge >= 0.3 is 12.0 Å². The predicted molar refractivity (Wildman–Crippen MR) is 104 cm³/mol. The van der Waals surface area contributed by atoms with Gasteiger partial charge in [-0.05, 0) is 31.0 Å². The van der Waals surface area contributed by atoms with Crippen LogP contribution >= 0.6 is 0 Å². The predicted octanol–water partition coefficient (Wildman–Crippen LogP) is 3.52. The van der Waals surface area contributed by atoms with Gasteiger partial charge < -0.3 is 14.6 Å². The number of carboxylic acid groups (broad SMARTS) is 1. The van der Waals surface area contributed by atoms with Gasteiger partial charge in [0, 0.05) is 18.5 Å². The number of rotatable bonds is 7. The normalized spacial score (nSPS) is 14.0. The Morgan fingerprint density at radius 1 is 1.00 bits per heavy atom. The lowest BCUT2D eigenvalue weighted by atomic mass is 9.81. The van der Waals surface area contributed by atoms with Crippen molar-refractivity contribution in [2.75, 3.05) is 7.11 Å². The topological polar surface area (TPSA) is 81.5 Å². The molecular formula is C22H22N2O4. The molecule has 0 fully saturated rings. The minimum Gasteiger partial charge on any atom is -0.478 e. The first-order valence-corrected chi connectivity index (χ1v) is 8.74. The Balaban J connectivity index is 2.29. The molecule has 0 unspecified atom stereocenters. The van der Waals surface area contributed by atoms with Crippen molar-refractivity contribution in [3.63, 3.8) is 0 Å². The number of hydrogen-bond donors (Lipinski definition) is 1. The number of carbonyl (C=O) groups is 1. The first-order valence-electron chi connectivity index (χ1n) is 9.24. The van der Waals surface area contributed by atoms with E-state index in [4.69, 9.17) is 10.8 Å². The molecule has 0 spiro atoms. The van der Waals surface area contributed by atoms with Crippen LogP contribution in [0.3, 0.4) is 0 Å². The van der Waals surface area contributed by atoms with Crippen molar-refractivity contribution < 1.29 is 20.7 Å². The second-order valence-electron chi connectivity index (χ2n) is 6.29. The van der Waals surface area contributed by atoms with Gasteiger partial charge in [-0.25, -0.2) is 14.8 Å². The molecule has 0 saturated carbocycles. The largest absolute Gasteiger partial charge is 0.478 e. The summed E-state index contributed by atoms with van der Waals surface area (Å²) in [6.45, 7) is 3.48. The smallest absolute Gasteiger partial charge is 0.348 e. The van der Waals surface area contributed by atoms with Crippen molar-refractivity contribution in [3.05, 3.63) is 89.2 Å². The second-order valence-corrected chi connectivity index (χ2v) is 6.29. The molecule has 0 saturated heterocycles. The van der Waals surface area contributed by atoms with E-state index < -0.39 is 17.7 Å². The fourth-order valence-electron chi connectivity index (χ4n) is 3.20. The number of aliphatic carboxylic acids is 1. The molecule has 1 heterocycles. The number of benzene rings is 2. The van der Waals surface area contributed by atoms with Crippen molar-refractivity contribution in [1.29, 1.82) is 0 Å². The number of methoxy groups -OCH3 is 1. The van der Waals surface area contributed by atoms with Crippen molar-refractivity contribution in [2.45, 2.75) is 25.5 Å². The molecule has 0 aliphatic carbocycles. The van der Waals surface area contributed by atoms with Crippen molar-refractivity contribution in [3.8, 4) is 6.01 Å². The van der Waals surface area contributed by atoms with Crippen molar-refractivity contribution in [2.24, 2.45) is 0 Å². The summed E-state index contributed by atoms with van der Waals surface area (Å²) >= 11 is 0. The molecule has 144 valence electrons. The standard InChI is InChI=1S/C22H22N2O4/c1-15-14-16(2)24-21(23-15)28-19(20(25)26)22(27-3,17-10-6-4-7-11-17)18-12-8-5-9-13-18/h4-14,19H,1-3H3,(H,25,26)/t19-/m1/s1/i19D. The monoisotopic (exact) mass is 379 g/mol. The van der Waals surface area contributed by atoms with Crippen LogP contribution in [0.25, 0.3) is 0 Å². The highest BCUT2D eigenvalue weighted by molar-refractivity contribution is 5.76. The zero-order valence-corrected chi connectivity index (χ0v) is 15.9. The molecule has 0 amide bonds. The van der Waals surface area contributed by atoms with Gasteiger partial charge in [-0.1, -0.05) is 60.7 Å². The number of hydrogen-bond acceptors (Lipinski definition) is 5. The lowest BCUT2D eigenvalue weighted by Crippen LogP contribution is -2.50. The fraction of sp³-hybridized carbons (Fsp3) is 0.227. The third-order valence-electron chi connectivity index (χ3n) is 4.34. The van der Waals surface area contributed by atoms with E-state index in [0.29, 0.717) is 22.5 Å². The van der Waals surface area contributed by atoms with Crippen LogP contribution in [0.1, 0.15) is 23.9 Å². The van der Waals surface area contributed by atoms with Crippen LogP contribution in [0.2, 0.25) is 0 Å². The molecular weight excluding hydrogens is 356 g/mol. The summed E-state index contributed by atoms with van der Waals surface area (Å²) in [6, 6.07) is 19.0. The van der Waals surface area contributed by atoms with E-state index in [2.05, 4.69) is 9.97 Å².